The number of imide groups is 1. The minimum Gasteiger partial charge on any atom is -0.329 e. The zero-order valence-corrected chi connectivity index (χ0v) is 15.5. The number of aromatic nitrogens is 1. The van der Waals surface area contributed by atoms with Crippen LogP contribution in [0.3, 0.4) is 0 Å². The van der Waals surface area contributed by atoms with Gasteiger partial charge in [-0.3, -0.25) is 14.5 Å². The van der Waals surface area contributed by atoms with Crippen LogP contribution in [0.1, 0.15) is 15.9 Å². The first-order valence-corrected chi connectivity index (χ1v) is 9.46. The number of nitrogens with zero attached hydrogens (tertiary/aromatic N) is 2. The highest BCUT2D eigenvalue weighted by Gasteiger charge is 2.28. The summed E-state index contributed by atoms with van der Waals surface area (Å²) in [7, 11) is 0. The van der Waals surface area contributed by atoms with Crippen LogP contribution in [-0.4, -0.2) is 34.3 Å². The maximum atomic E-state index is 12.4. The zero-order chi connectivity index (χ0) is 19.5. The Morgan fingerprint density at radius 2 is 1.86 bits per heavy atom. The molecular weight excluding hydrogens is 376 g/mol. The molecule has 0 aliphatic carbocycles. The van der Waals surface area contributed by atoms with E-state index in [1.165, 1.54) is 0 Å². The molecule has 0 saturated carbocycles. The number of benzene rings is 2. The molecule has 140 valence electrons. The van der Waals surface area contributed by atoms with Crippen molar-refractivity contribution >= 4 is 34.9 Å². The van der Waals surface area contributed by atoms with Gasteiger partial charge in [-0.05, 0) is 42.0 Å². The van der Waals surface area contributed by atoms with Gasteiger partial charge in [-0.2, -0.15) is 0 Å². The van der Waals surface area contributed by atoms with Crippen LogP contribution < -0.4 is 10.6 Å². The second kappa shape index (κ2) is 7.61. The predicted molar refractivity (Wildman–Crippen MR) is 106 cm³/mol. The summed E-state index contributed by atoms with van der Waals surface area (Å²) in [6.45, 7) is 0.214. The van der Waals surface area contributed by atoms with Crippen molar-refractivity contribution in [2.45, 2.75) is 6.54 Å². The second-order valence-electron chi connectivity index (χ2n) is 6.20. The number of amides is 4. The number of carbonyl (C=O) groups is 3. The van der Waals surface area contributed by atoms with Crippen molar-refractivity contribution in [2.75, 3.05) is 11.9 Å². The highest BCUT2D eigenvalue weighted by Crippen LogP contribution is 2.23. The van der Waals surface area contributed by atoms with E-state index in [1.54, 1.807) is 41.8 Å². The summed E-state index contributed by atoms with van der Waals surface area (Å²) in [6.07, 6.45) is 1.76. The van der Waals surface area contributed by atoms with Gasteiger partial charge in [0.25, 0.3) is 5.91 Å². The SMILES string of the molecule is O=C(Nc1ccc(-c2nccs2)cc1)c1ccc(CN2C(=O)CNC2=O)cc1. The Bertz CT molecular complexity index is 999. The lowest BCUT2D eigenvalue weighted by Crippen LogP contribution is -2.30. The minimum atomic E-state index is -0.395. The van der Waals surface area contributed by atoms with Crippen LogP contribution in [0.5, 0.6) is 0 Å². The van der Waals surface area contributed by atoms with Crippen molar-refractivity contribution < 1.29 is 14.4 Å². The third-order valence-electron chi connectivity index (χ3n) is 4.32. The van der Waals surface area contributed by atoms with E-state index in [2.05, 4.69) is 15.6 Å². The van der Waals surface area contributed by atoms with Crippen LogP contribution in [0.4, 0.5) is 10.5 Å². The molecule has 2 aromatic carbocycles. The van der Waals surface area contributed by atoms with Gasteiger partial charge in [0.05, 0.1) is 13.1 Å². The van der Waals surface area contributed by atoms with Gasteiger partial charge in [0.2, 0.25) is 5.91 Å². The number of thiazole rings is 1. The summed E-state index contributed by atoms with van der Waals surface area (Å²) in [5.74, 6) is -0.489. The molecule has 1 aromatic heterocycles. The fourth-order valence-corrected chi connectivity index (χ4v) is 3.47. The molecule has 4 amide bonds. The third kappa shape index (κ3) is 3.77. The Morgan fingerprint density at radius 3 is 2.46 bits per heavy atom. The van der Waals surface area contributed by atoms with Crippen molar-refractivity contribution in [3.05, 3.63) is 71.2 Å². The van der Waals surface area contributed by atoms with E-state index >= 15 is 0 Å². The van der Waals surface area contributed by atoms with Gasteiger partial charge < -0.3 is 10.6 Å². The molecular formula is C20H16N4O3S. The maximum Gasteiger partial charge on any atom is 0.324 e. The summed E-state index contributed by atoms with van der Waals surface area (Å²) in [4.78, 5) is 41.1. The topological polar surface area (TPSA) is 91.4 Å². The first-order chi connectivity index (χ1) is 13.6. The number of hydrogen-bond donors (Lipinski definition) is 2. The van der Waals surface area contributed by atoms with Crippen molar-refractivity contribution in [3.8, 4) is 10.6 Å². The van der Waals surface area contributed by atoms with Gasteiger partial charge >= 0.3 is 6.03 Å². The number of anilines is 1. The summed E-state index contributed by atoms with van der Waals surface area (Å²) >= 11 is 1.56. The number of carbonyl (C=O) groups excluding carboxylic acids is 3. The van der Waals surface area contributed by atoms with Crippen molar-refractivity contribution in [1.82, 2.24) is 15.2 Å². The first-order valence-electron chi connectivity index (χ1n) is 8.58. The summed E-state index contributed by atoms with van der Waals surface area (Å²) in [6, 6.07) is 13.9. The lowest BCUT2D eigenvalue weighted by atomic mass is 10.1. The van der Waals surface area contributed by atoms with E-state index in [0.29, 0.717) is 11.3 Å². The van der Waals surface area contributed by atoms with Crippen molar-refractivity contribution in [1.29, 1.82) is 0 Å². The molecule has 8 heteroatoms. The maximum absolute atomic E-state index is 12.4. The Labute approximate surface area is 165 Å². The molecule has 28 heavy (non-hydrogen) atoms. The highest BCUT2D eigenvalue weighted by molar-refractivity contribution is 7.13. The Morgan fingerprint density at radius 1 is 1.11 bits per heavy atom. The van der Waals surface area contributed by atoms with Gasteiger partial charge in [0.15, 0.2) is 0 Å². The number of urea groups is 1. The Balaban J connectivity index is 1.39. The number of rotatable bonds is 5. The predicted octanol–water partition coefficient (Wildman–Crippen LogP) is 3.11. The third-order valence-corrected chi connectivity index (χ3v) is 5.14. The van der Waals surface area contributed by atoms with Crippen LogP contribution in [0.25, 0.3) is 10.6 Å². The fourth-order valence-electron chi connectivity index (χ4n) is 2.82. The minimum absolute atomic E-state index is 0.0284. The van der Waals surface area contributed by atoms with Gasteiger partial charge in [-0.25, -0.2) is 9.78 Å². The number of hydrogen-bond acceptors (Lipinski definition) is 5. The smallest absolute Gasteiger partial charge is 0.324 e. The monoisotopic (exact) mass is 392 g/mol. The van der Waals surface area contributed by atoms with Crippen LogP contribution >= 0.6 is 11.3 Å². The normalized spacial score (nSPS) is 13.5. The molecule has 4 rings (SSSR count). The first kappa shape index (κ1) is 17.9. The highest BCUT2D eigenvalue weighted by atomic mass is 32.1. The fraction of sp³-hybridized carbons (Fsp3) is 0.100. The van der Waals surface area contributed by atoms with Crippen LogP contribution in [-0.2, 0) is 11.3 Å². The molecule has 2 heterocycles. The molecule has 3 aromatic rings. The quantitative estimate of drug-likeness (QED) is 0.653. The van der Waals surface area contributed by atoms with Gasteiger partial charge in [-0.1, -0.05) is 12.1 Å². The van der Waals surface area contributed by atoms with Crippen LogP contribution in [0.15, 0.2) is 60.1 Å². The molecule has 0 bridgehead atoms. The van der Waals surface area contributed by atoms with E-state index in [9.17, 15) is 14.4 Å². The summed E-state index contributed by atoms with van der Waals surface area (Å²) < 4.78 is 0. The Kier molecular flexibility index (Phi) is 4.86. The van der Waals surface area contributed by atoms with Gasteiger partial charge in [-0.15, -0.1) is 11.3 Å². The Hall–Kier alpha value is -3.52. The lowest BCUT2D eigenvalue weighted by Gasteiger charge is -2.12. The molecule has 7 nitrogen and oxygen atoms in total. The van der Waals surface area contributed by atoms with E-state index in [1.807, 2.05) is 29.6 Å². The molecule has 0 radical (unpaired) electrons. The molecule has 1 fully saturated rings. The summed E-state index contributed by atoms with van der Waals surface area (Å²) in [5.41, 5.74) is 2.95. The molecule has 1 saturated heterocycles. The molecule has 1 aliphatic rings. The summed E-state index contributed by atoms with van der Waals surface area (Å²) in [5, 5.41) is 8.18. The molecule has 2 N–H and O–H groups in total. The van der Waals surface area contributed by atoms with Gasteiger partial charge in [0.1, 0.15) is 5.01 Å². The molecule has 0 unspecified atom stereocenters. The zero-order valence-electron chi connectivity index (χ0n) is 14.7. The van der Waals surface area contributed by atoms with Crippen LogP contribution in [0.2, 0.25) is 0 Å². The second-order valence-corrected chi connectivity index (χ2v) is 7.10. The van der Waals surface area contributed by atoms with E-state index in [4.69, 9.17) is 0 Å². The van der Waals surface area contributed by atoms with Crippen LogP contribution in [0, 0.1) is 0 Å². The average molecular weight is 392 g/mol. The van der Waals surface area contributed by atoms with Crippen molar-refractivity contribution in [2.24, 2.45) is 0 Å². The standard InChI is InChI=1S/C20H16N4O3S/c25-17-11-22-20(27)24(17)12-13-1-3-14(4-2-13)18(26)23-16-7-5-15(6-8-16)19-21-9-10-28-19/h1-10H,11-12H2,(H,22,27)(H,23,26). The van der Waals surface area contributed by atoms with Crippen molar-refractivity contribution in [3.63, 3.8) is 0 Å². The largest absolute Gasteiger partial charge is 0.329 e. The average Bonchev–Trinajstić information content (AvgIpc) is 3.35. The molecule has 1 aliphatic heterocycles. The molecule has 0 atom stereocenters. The van der Waals surface area contributed by atoms with E-state index in [-0.39, 0.29) is 24.9 Å². The van der Waals surface area contributed by atoms with Gasteiger partial charge in [0, 0.05) is 28.4 Å². The lowest BCUT2D eigenvalue weighted by molar-refractivity contribution is -0.125. The van der Waals surface area contributed by atoms with E-state index < -0.39 is 6.03 Å². The molecule has 0 spiro atoms. The number of nitrogens with one attached hydrogen (secondary N) is 2. The van der Waals surface area contributed by atoms with E-state index in [0.717, 1.165) is 21.0 Å².